The number of pyridine rings is 1. The van der Waals surface area contributed by atoms with E-state index in [9.17, 15) is 5.11 Å². The molecule has 18 heavy (non-hydrogen) atoms. The maximum atomic E-state index is 10.0. The Morgan fingerprint density at radius 2 is 1.83 bits per heavy atom. The van der Waals surface area contributed by atoms with Gasteiger partial charge in [0.15, 0.2) is 5.82 Å². The van der Waals surface area contributed by atoms with Crippen LogP contribution in [0.4, 0.5) is 0 Å². The topological polar surface area (TPSA) is 58.9 Å². The van der Waals surface area contributed by atoms with Crippen LogP contribution in [0.1, 0.15) is 35.7 Å². The normalized spacial score (nSPS) is 12.4. The van der Waals surface area contributed by atoms with Crippen LogP contribution in [0.3, 0.4) is 0 Å². The fourth-order valence-corrected chi connectivity index (χ4v) is 1.65. The van der Waals surface area contributed by atoms with Crippen LogP contribution in [0.25, 0.3) is 0 Å². The zero-order valence-electron chi connectivity index (χ0n) is 10.7. The van der Waals surface area contributed by atoms with Gasteiger partial charge in [-0.3, -0.25) is 4.98 Å². The summed E-state index contributed by atoms with van der Waals surface area (Å²) in [6, 6.07) is 3.97. The summed E-state index contributed by atoms with van der Waals surface area (Å²) in [5.74, 6) is 0.446. The van der Waals surface area contributed by atoms with Crippen molar-refractivity contribution in [3.63, 3.8) is 0 Å². The summed E-state index contributed by atoms with van der Waals surface area (Å²) in [4.78, 5) is 12.6. The summed E-state index contributed by atoms with van der Waals surface area (Å²) in [5, 5.41) is 10.0. The molecule has 0 saturated carbocycles. The lowest BCUT2D eigenvalue weighted by Gasteiger charge is -2.09. The number of rotatable bonds is 4. The maximum absolute atomic E-state index is 10.0. The Hall–Kier alpha value is -1.81. The highest BCUT2D eigenvalue weighted by atomic mass is 16.3. The third kappa shape index (κ3) is 3.11. The minimum absolute atomic E-state index is 0.438. The lowest BCUT2D eigenvalue weighted by molar-refractivity contribution is 0.167. The molecule has 0 bridgehead atoms. The second kappa shape index (κ2) is 5.69. The van der Waals surface area contributed by atoms with Crippen LogP contribution in [0.5, 0.6) is 0 Å². The van der Waals surface area contributed by atoms with Crippen LogP contribution in [0, 0.1) is 6.92 Å². The first kappa shape index (κ1) is 12.6. The van der Waals surface area contributed by atoms with Gasteiger partial charge in [-0.1, -0.05) is 13.0 Å². The number of aromatic nitrogens is 3. The molecule has 0 spiro atoms. The minimum Gasteiger partial charge on any atom is -0.385 e. The molecule has 0 fully saturated rings. The first-order valence-electron chi connectivity index (χ1n) is 6.09. The van der Waals surface area contributed by atoms with Crippen molar-refractivity contribution in [1.29, 1.82) is 0 Å². The van der Waals surface area contributed by atoms with Crippen molar-refractivity contribution in [2.24, 2.45) is 0 Å². The Bertz CT molecular complexity index is 493. The number of aliphatic hydroxyl groups is 1. The first-order valence-corrected chi connectivity index (χ1v) is 6.09. The Morgan fingerprint density at radius 3 is 2.39 bits per heavy atom. The van der Waals surface area contributed by atoms with E-state index in [1.165, 1.54) is 5.56 Å². The summed E-state index contributed by atoms with van der Waals surface area (Å²) in [6.07, 6.45) is 5.96. The third-order valence-electron chi connectivity index (χ3n) is 2.80. The van der Waals surface area contributed by atoms with Crippen molar-refractivity contribution in [2.45, 2.75) is 32.8 Å². The van der Waals surface area contributed by atoms with Crippen molar-refractivity contribution in [2.75, 3.05) is 0 Å². The molecule has 4 nitrogen and oxygen atoms in total. The predicted molar refractivity (Wildman–Crippen MR) is 69.0 cm³/mol. The van der Waals surface area contributed by atoms with Crippen LogP contribution in [-0.4, -0.2) is 20.1 Å². The molecule has 0 aromatic carbocycles. The van der Waals surface area contributed by atoms with Crippen molar-refractivity contribution in [3.05, 3.63) is 53.4 Å². The highest BCUT2D eigenvalue weighted by Crippen LogP contribution is 2.13. The van der Waals surface area contributed by atoms with Gasteiger partial charge < -0.3 is 5.11 Å². The Balaban J connectivity index is 2.05. The van der Waals surface area contributed by atoms with Crippen molar-refractivity contribution in [3.8, 4) is 0 Å². The molecule has 0 aliphatic carbocycles. The van der Waals surface area contributed by atoms with E-state index >= 15 is 0 Å². The maximum Gasteiger partial charge on any atom is 0.157 e. The summed E-state index contributed by atoms with van der Waals surface area (Å²) in [5.41, 5.74) is 3.03. The average Bonchev–Trinajstić information content (AvgIpc) is 2.40. The molecule has 1 unspecified atom stereocenters. The SMILES string of the molecule is CCc1ccc(CC(O)c2ncc(C)cn2)nc1. The summed E-state index contributed by atoms with van der Waals surface area (Å²) < 4.78 is 0. The molecule has 94 valence electrons. The molecule has 2 aromatic heterocycles. The van der Waals surface area contributed by atoms with Gasteiger partial charge in [0.25, 0.3) is 0 Å². The highest BCUT2D eigenvalue weighted by Gasteiger charge is 2.12. The molecule has 0 aliphatic heterocycles. The highest BCUT2D eigenvalue weighted by molar-refractivity contribution is 5.15. The van der Waals surface area contributed by atoms with E-state index in [1.54, 1.807) is 12.4 Å². The Kier molecular flexibility index (Phi) is 3.99. The molecule has 0 amide bonds. The summed E-state index contributed by atoms with van der Waals surface area (Å²) in [6.45, 7) is 4.01. The molecule has 4 heteroatoms. The van der Waals surface area contributed by atoms with Crippen molar-refractivity contribution in [1.82, 2.24) is 15.0 Å². The first-order chi connectivity index (χ1) is 8.69. The van der Waals surface area contributed by atoms with Crippen molar-refractivity contribution < 1.29 is 5.11 Å². The quantitative estimate of drug-likeness (QED) is 0.892. The van der Waals surface area contributed by atoms with Crippen LogP contribution >= 0.6 is 0 Å². The van der Waals surface area contributed by atoms with E-state index in [0.29, 0.717) is 12.2 Å². The number of aliphatic hydroxyl groups excluding tert-OH is 1. The second-order valence-corrected chi connectivity index (χ2v) is 4.35. The predicted octanol–water partition coefficient (Wildman–Crippen LogP) is 2.02. The molecule has 0 radical (unpaired) electrons. The number of aryl methyl sites for hydroxylation is 2. The van der Waals surface area contributed by atoms with Gasteiger partial charge in [-0.15, -0.1) is 0 Å². The van der Waals surface area contributed by atoms with Gasteiger partial charge in [0.05, 0.1) is 0 Å². The molecule has 1 N–H and O–H groups in total. The second-order valence-electron chi connectivity index (χ2n) is 4.35. The number of hydrogen-bond donors (Lipinski definition) is 1. The zero-order chi connectivity index (χ0) is 13.0. The molecule has 1 atom stereocenters. The van der Waals surface area contributed by atoms with E-state index in [2.05, 4.69) is 21.9 Å². The number of nitrogens with zero attached hydrogens (tertiary/aromatic N) is 3. The van der Waals surface area contributed by atoms with E-state index in [-0.39, 0.29) is 0 Å². The van der Waals surface area contributed by atoms with Crippen LogP contribution in [0.2, 0.25) is 0 Å². The molecule has 0 aliphatic rings. The average molecular weight is 243 g/mol. The Morgan fingerprint density at radius 1 is 1.11 bits per heavy atom. The molecule has 2 aromatic rings. The monoisotopic (exact) mass is 243 g/mol. The van der Waals surface area contributed by atoms with E-state index in [4.69, 9.17) is 0 Å². The van der Waals surface area contributed by atoms with Gasteiger partial charge in [0.2, 0.25) is 0 Å². The van der Waals surface area contributed by atoms with Crippen LogP contribution < -0.4 is 0 Å². The van der Waals surface area contributed by atoms with Crippen LogP contribution in [0.15, 0.2) is 30.7 Å². The lowest BCUT2D eigenvalue weighted by atomic mass is 10.1. The van der Waals surface area contributed by atoms with Gasteiger partial charge in [-0.25, -0.2) is 9.97 Å². The van der Waals surface area contributed by atoms with E-state index in [1.807, 2.05) is 25.3 Å². The summed E-state index contributed by atoms with van der Waals surface area (Å²) >= 11 is 0. The molecule has 0 saturated heterocycles. The van der Waals surface area contributed by atoms with Gasteiger partial charge in [-0.05, 0) is 30.5 Å². The van der Waals surface area contributed by atoms with Crippen molar-refractivity contribution >= 4 is 0 Å². The van der Waals surface area contributed by atoms with E-state index in [0.717, 1.165) is 17.7 Å². The standard InChI is InChI=1S/C14H17N3O/c1-3-11-4-5-12(15-9-11)6-13(18)14-16-7-10(2)8-17-14/h4-5,7-9,13,18H,3,6H2,1-2H3. The summed E-state index contributed by atoms with van der Waals surface area (Å²) in [7, 11) is 0. The lowest BCUT2D eigenvalue weighted by Crippen LogP contribution is -2.07. The van der Waals surface area contributed by atoms with Crippen LogP contribution in [-0.2, 0) is 12.8 Å². The molecular weight excluding hydrogens is 226 g/mol. The van der Waals surface area contributed by atoms with Gasteiger partial charge >= 0.3 is 0 Å². The molecule has 2 heterocycles. The van der Waals surface area contributed by atoms with Gasteiger partial charge in [-0.2, -0.15) is 0 Å². The third-order valence-corrected chi connectivity index (χ3v) is 2.80. The smallest absolute Gasteiger partial charge is 0.157 e. The van der Waals surface area contributed by atoms with Gasteiger partial charge in [0.1, 0.15) is 6.10 Å². The zero-order valence-corrected chi connectivity index (χ0v) is 10.7. The largest absolute Gasteiger partial charge is 0.385 e. The van der Waals surface area contributed by atoms with E-state index < -0.39 is 6.10 Å². The van der Waals surface area contributed by atoms with Gasteiger partial charge in [0, 0.05) is 30.7 Å². The molecule has 2 rings (SSSR count). The fraction of sp³-hybridized carbons (Fsp3) is 0.357. The Labute approximate surface area is 107 Å². The number of hydrogen-bond acceptors (Lipinski definition) is 4. The molecular formula is C14H17N3O. The fourth-order valence-electron chi connectivity index (χ4n) is 1.65. The minimum atomic E-state index is -0.703.